The largest absolute Gasteiger partial charge is 0.453 e. The summed E-state index contributed by atoms with van der Waals surface area (Å²) < 4.78 is 4.60. The van der Waals surface area contributed by atoms with Gasteiger partial charge in [0.1, 0.15) is 0 Å². The quantitative estimate of drug-likeness (QED) is 0.796. The highest BCUT2D eigenvalue weighted by atomic mass is 16.5. The van der Waals surface area contributed by atoms with Gasteiger partial charge in [0.25, 0.3) is 17.7 Å². The Morgan fingerprint density at radius 2 is 1.79 bits per heavy atom. The summed E-state index contributed by atoms with van der Waals surface area (Å²) in [6, 6.07) is 4.66. The fraction of sp³-hybridized carbons (Fsp3) is 0.500. The van der Waals surface area contributed by atoms with E-state index in [0.29, 0.717) is 49.2 Å². The average Bonchev–Trinajstić information content (AvgIpc) is 2.92. The first kappa shape index (κ1) is 19.9. The van der Waals surface area contributed by atoms with E-state index >= 15 is 0 Å². The highest BCUT2D eigenvalue weighted by Crippen LogP contribution is 2.26. The number of rotatable bonds is 4. The molecular formula is C20H25N3O5. The smallest absolute Gasteiger partial charge is 0.407 e. The number of likely N-dealkylation sites (tertiary alicyclic amines) is 1. The topological polar surface area (TPSA) is 96.0 Å². The van der Waals surface area contributed by atoms with Gasteiger partial charge in [0.15, 0.2) is 0 Å². The Labute approximate surface area is 163 Å². The van der Waals surface area contributed by atoms with Crippen molar-refractivity contribution in [2.45, 2.75) is 32.7 Å². The van der Waals surface area contributed by atoms with Crippen LogP contribution in [-0.2, 0) is 4.74 Å². The Bertz CT molecular complexity index is 812. The molecule has 4 amide bonds. The number of benzene rings is 1. The third-order valence-corrected chi connectivity index (χ3v) is 5.05. The van der Waals surface area contributed by atoms with Crippen LogP contribution in [0.3, 0.4) is 0 Å². The summed E-state index contributed by atoms with van der Waals surface area (Å²) in [4.78, 5) is 52.1. The van der Waals surface area contributed by atoms with Gasteiger partial charge in [-0.25, -0.2) is 4.79 Å². The molecule has 8 nitrogen and oxygen atoms in total. The van der Waals surface area contributed by atoms with Gasteiger partial charge in [0.05, 0.1) is 18.2 Å². The van der Waals surface area contributed by atoms with Gasteiger partial charge in [-0.15, -0.1) is 0 Å². The molecule has 2 aliphatic rings. The number of imide groups is 1. The van der Waals surface area contributed by atoms with E-state index in [9.17, 15) is 19.2 Å². The Balaban J connectivity index is 1.69. The standard InChI is InChI=1S/C20H25N3O5/c1-12(2)11-23-18(25)15-5-4-13(10-16(15)19(23)26)17(24)22-8-6-14(7-9-22)21-20(27)28-3/h4-5,10,12,14H,6-9,11H2,1-3H3,(H,21,27). The van der Waals surface area contributed by atoms with Crippen LogP contribution >= 0.6 is 0 Å². The zero-order valence-electron chi connectivity index (χ0n) is 16.4. The first-order valence-electron chi connectivity index (χ1n) is 9.45. The summed E-state index contributed by atoms with van der Waals surface area (Å²) in [7, 11) is 1.32. The van der Waals surface area contributed by atoms with E-state index in [4.69, 9.17) is 0 Å². The first-order valence-corrected chi connectivity index (χ1v) is 9.45. The second-order valence-electron chi connectivity index (χ2n) is 7.58. The number of piperidine rings is 1. The van der Waals surface area contributed by atoms with Gasteiger partial charge in [0.2, 0.25) is 0 Å². The van der Waals surface area contributed by atoms with Gasteiger partial charge >= 0.3 is 6.09 Å². The van der Waals surface area contributed by atoms with Crippen LogP contribution in [-0.4, -0.2) is 66.4 Å². The highest BCUT2D eigenvalue weighted by Gasteiger charge is 2.36. The van der Waals surface area contributed by atoms with Gasteiger partial charge in [-0.1, -0.05) is 13.8 Å². The van der Waals surface area contributed by atoms with Crippen molar-refractivity contribution >= 4 is 23.8 Å². The van der Waals surface area contributed by atoms with Crippen LogP contribution in [0.25, 0.3) is 0 Å². The van der Waals surface area contributed by atoms with Gasteiger partial charge in [-0.3, -0.25) is 19.3 Å². The number of alkyl carbamates (subject to hydrolysis) is 1. The molecule has 1 N–H and O–H groups in total. The van der Waals surface area contributed by atoms with Crippen molar-refractivity contribution in [1.82, 2.24) is 15.1 Å². The Morgan fingerprint density at radius 3 is 2.39 bits per heavy atom. The third kappa shape index (κ3) is 3.85. The van der Waals surface area contributed by atoms with Crippen molar-refractivity contribution in [1.29, 1.82) is 0 Å². The maximum absolute atomic E-state index is 12.8. The van der Waals surface area contributed by atoms with Crippen molar-refractivity contribution < 1.29 is 23.9 Å². The molecule has 0 aliphatic carbocycles. The fourth-order valence-electron chi connectivity index (χ4n) is 3.59. The lowest BCUT2D eigenvalue weighted by atomic mass is 10.0. The van der Waals surface area contributed by atoms with Gasteiger partial charge < -0.3 is 15.0 Å². The summed E-state index contributed by atoms with van der Waals surface area (Å²) in [6.07, 6.45) is 0.786. The first-order chi connectivity index (χ1) is 13.3. The summed E-state index contributed by atoms with van der Waals surface area (Å²) in [5, 5.41) is 2.75. The molecule has 0 unspecified atom stereocenters. The summed E-state index contributed by atoms with van der Waals surface area (Å²) in [5.41, 5.74) is 1.03. The molecule has 1 fully saturated rings. The zero-order chi connectivity index (χ0) is 20.4. The van der Waals surface area contributed by atoms with E-state index in [-0.39, 0.29) is 29.7 Å². The number of fused-ring (bicyclic) bond motifs is 1. The molecule has 0 saturated carbocycles. The van der Waals surface area contributed by atoms with Gasteiger partial charge in [-0.2, -0.15) is 0 Å². The Kier molecular flexibility index (Phi) is 5.67. The van der Waals surface area contributed by atoms with Crippen LogP contribution in [0.4, 0.5) is 4.79 Å². The molecule has 1 aromatic rings. The third-order valence-electron chi connectivity index (χ3n) is 5.05. The van der Waals surface area contributed by atoms with Crippen LogP contribution in [0.5, 0.6) is 0 Å². The number of ether oxygens (including phenoxy) is 1. The molecule has 150 valence electrons. The molecule has 0 bridgehead atoms. The molecule has 0 aromatic heterocycles. The second kappa shape index (κ2) is 8.00. The van der Waals surface area contributed by atoms with E-state index in [0.717, 1.165) is 0 Å². The molecule has 0 atom stereocenters. The molecule has 3 rings (SSSR count). The number of amides is 4. The molecule has 0 spiro atoms. The summed E-state index contributed by atoms with van der Waals surface area (Å²) in [5.74, 6) is -0.656. The SMILES string of the molecule is COC(=O)NC1CCN(C(=O)c2ccc3c(c2)C(=O)N(CC(C)C)C3=O)CC1. The number of nitrogens with zero attached hydrogens (tertiary/aromatic N) is 2. The van der Waals surface area contributed by atoms with E-state index in [1.807, 2.05) is 13.8 Å². The van der Waals surface area contributed by atoms with Crippen LogP contribution in [0.15, 0.2) is 18.2 Å². The Morgan fingerprint density at radius 1 is 1.14 bits per heavy atom. The predicted octanol–water partition coefficient (Wildman–Crippen LogP) is 1.90. The lowest BCUT2D eigenvalue weighted by Crippen LogP contribution is -2.46. The fourth-order valence-corrected chi connectivity index (χ4v) is 3.59. The van der Waals surface area contributed by atoms with Crippen LogP contribution in [0.1, 0.15) is 57.8 Å². The summed E-state index contributed by atoms with van der Waals surface area (Å²) >= 11 is 0. The van der Waals surface area contributed by atoms with Gasteiger partial charge in [0, 0.05) is 31.2 Å². The summed E-state index contributed by atoms with van der Waals surface area (Å²) in [6.45, 7) is 5.23. The molecule has 1 saturated heterocycles. The van der Waals surface area contributed by atoms with Gasteiger partial charge in [-0.05, 0) is 37.0 Å². The average molecular weight is 387 g/mol. The number of carbonyl (C=O) groups is 4. The predicted molar refractivity (Wildman–Crippen MR) is 101 cm³/mol. The molecule has 2 aliphatic heterocycles. The number of methoxy groups -OCH3 is 1. The minimum atomic E-state index is -0.475. The lowest BCUT2D eigenvalue weighted by molar-refractivity contribution is 0.0635. The molecule has 1 aromatic carbocycles. The molecule has 28 heavy (non-hydrogen) atoms. The maximum Gasteiger partial charge on any atom is 0.407 e. The monoisotopic (exact) mass is 387 g/mol. The van der Waals surface area contributed by atoms with Crippen LogP contribution < -0.4 is 5.32 Å². The van der Waals surface area contributed by atoms with E-state index < -0.39 is 6.09 Å². The number of hydrogen-bond donors (Lipinski definition) is 1. The minimum absolute atomic E-state index is 0.0275. The molecule has 8 heteroatoms. The minimum Gasteiger partial charge on any atom is -0.453 e. The molecular weight excluding hydrogens is 362 g/mol. The van der Waals surface area contributed by atoms with Crippen molar-refractivity contribution in [3.63, 3.8) is 0 Å². The van der Waals surface area contributed by atoms with Crippen molar-refractivity contribution in [2.24, 2.45) is 5.92 Å². The molecule has 2 heterocycles. The van der Waals surface area contributed by atoms with Crippen molar-refractivity contribution in [3.8, 4) is 0 Å². The van der Waals surface area contributed by atoms with E-state index in [2.05, 4.69) is 10.1 Å². The van der Waals surface area contributed by atoms with Crippen LogP contribution in [0.2, 0.25) is 0 Å². The lowest BCUT2D eigenvalue weighted by Gasteiger charge is -2.32. The molecule has 0 radical (unpaired) electrons. The number of hydrogen-bond acceptors (Lipinski definition) is 5. The highest BCUT2D eigenvalue weighted by molar-refractivity contribution is 6.22. The zero-order valence-corrected chi connectivity index (χ0v) is 16.4. The Hall–Kier alpha value is -2.90. The van der Waals surface area contributed by atoms with E-state index in [1.165, 1.54) is 18.1 Å². The second-order valence-corrected chi connectivity index (χ2v) is 7.58. The number of nitrogens with one attached hydrogen (secondary N) is 1. The van der Waals surface area contributed by atoms with Crippen molar-refractivity contribution in [3.05, 3.63) is 34.9 Å². The normalized spacial score (nSPS) is 17.1. The number of carbonyl (C=O) groups excluding carboxylic acids is 4. The van der Waals surface area contributed by atoms with Crippen LogP contribution in [0, 0.1) is 5.92 Å². The van der Waals surface area contributed by atoms with Crippen molar-refractivity contribution in [2.75, 3.05) is 26.7 Å². The van der Waals surface area contributed by atoms with E-state index in [1.54, 1.807) is 17.0 Å². The maximum atomic E-state index is 12.8.